The van der Waals surface area contributed by atoms with E-state index in [4.69, 9.17) is 0 Å². The minimum absolute atomic E-state index is 0.795. The maximum Gasteiger partial charge on any atom is 0.162 e. The van der Waals surface area contributed by atoms with E-state index in [9.17, 15) is 0 Å². The third kappa shape index (κ3) is 1.99. The van der Waals surface area contributed by atoms with Gasteiger partial charge in [-0.15, -0.1) is 11.3 Å². The Hall–Kier alpha value is -1.42. The van der Waals surface area contributed by atoms with Gasteiger partial charge in [0.25, 0.3) is 0 Å². The quantitative estimate of drug-likeness (QED) is 0.844. The highest BCUT2D eigenvalue weighted by atomic mass is 32.1. The molecule has 2 heterocycles. The summed E-state index contributed by atoms with van der Waals surface area (Å²) in [6, 6.07) is 3.99. The third-order valence-electron chi connectivity index (χ3n) is 2.19. The maximum absolute atomic E-state index is 4.42. The van der Waals surface area contributed by atoms with E-state index in [2.05, 4.69) is 35.2 Å². The number of anilines is 1. The van der Waals surface area contributed by atoms with Crippen molar-refractivity contribution in [2.24, 2.45) is 0 Å². The molecule has 2 rings (SSSR count). The van der Waals surface area contributed by atoms with Crippen molar-refractivity contribution in [3.8, 4) is 11.4 Å². The van der Waals surface area contributed by atoms with E-state index in [0.29, 0.717) is 0 Å². The predicted octanol–water partition coefficient (Wildman–Crippen LogP) is 2.86. The molecule has 0 aromatic carbocycles. The van der Waals surface area contributed by atoms with E-state index < -0.39 is 0 Å². The first-order valence-corrected chi connectivity index (χ1v) is 5.60. The van der Waals surface area contributed by atoms with Gasteiger partial charge in [-0.2, -0.15) is 0 Å². The Bertz CT molecular complexity index is 476. The fourth-order valence-electron chi connectivity index (χ4n) is 1.48. The number of nitrogens with one attached hydrogen (secondary N) is 1. The Morgan fingerprint density at radius 3 is 2.73 bits per heavy atom. The third-order valence-corrected chi connectivity index (χ3v) is 3.16. The Morgan fingerprint density at radius 2 is 2.13 bits per heavy atom. The standard InChI is InChI=1S/C11H13N3S/c1-7-6-9(8(2)15-7)11-13-5-4-10(12-3)14-11/h4-6H,1-3H3,(H,12,13,14). The highest BCUT2D eigenvalue weighted by Crippen LogP contribution is 2.28. The molecule has 0 radical (unpaired) electrons. The number of nitrogens with zero attached hydrogens (tertiary/aromatic N) is 2. The molecular weight excluding hydrogens is 206 g/mol. The molecule has 1 N–H and O–H groups in total. The van der Waals surface area contributed by atoms with Crippen molar-refractivity contribution in [2.45, 2.75) is 13.8 Å². The van der Waals surface area contributed by atoms with Gasteiger partial charge in [0.05, 0.1) is 0 Å². The smallest absolute Gasteiger partial charge is 0.162 e. The summed E-state index contributed by atoms with van der Waals surface area (Å²) < 4.78 is 0. The van der Waals surface area contributed by atoms with Crippen molar-refractivity contribution < 1.29 is 0 Å². The molecule has 4 heteroatoms. The van der Waals surface area contributed by atoms with E-state index >= 15 is 0 Å². The van der Waals surface area contributed by atoms with E-state index in [0.717, 1.165) is 17.2 Å². The van der Waals surface area contributed by atoms with Gasteiger partial charge in [-0.1, -0.05) is 0 Å². The minimum Gasteiger partial charge on any atom is -0.373 e. The molecule has 0 bridgehead atoms. The summed E-state index contributed by atoms with van der Waals surface area (Å²) in [6.45, 7) is 4.20. The van der Waals surface area contributed by atoms with Crippen LogP contribution in [0.2, 0.25) is 0 Å². The molecule has 0 aliphatic rings. The topological polar surface area (TPSA) is 37.8 Å². The summed E-state index contributed by atoms with van der Waals surface area (Å²) in [7, 11) is 1.86. The number of rotatable bonds is 2. The summed E-state index contributed by atoms with van der Waals surface area (Å²) in [6.07, 6.45) is 1.78. The monoisotopic (exact) mass is 219 g/mol. The summed E-state index contributed by atoms with van der Waals surface area (Å²) in [4.78, 5) is 11.3. The van der Waals surface area contributed by atoms with Gasteiger partial charge >= 0.3 is 0 Å². The van der Waals surface area contributed by atoms with Gasteiger partial charge in [0, 0.05) is 28.6 Å². The fourth-order valence-corrected chi connectivity index (χ4v) is 2.40. The average molecular weight is 219 g/mol. The van der Waals surface area contributed by atoms with Crippen LogP contribution in [0.4, 0.5) is 5.82 Å². The highest BCUT2D eigenvalue weighted by Gasteiger charge is 2.08. The van der Waals surface area contributed by atoms with Gasteiger partial charge < -0.3 is 5.32 Å². The van der Waals surface area contributed by atoms with Crippen molar-refractivity contribution >= 4 is 17.2 Å². The largest absolute Gasteiger partial charge is 0.373 e. The van der Waals surface area contributed by atoms with Crippen LogP contribution in [0.25, 0.3) is 11.4 Å². The Labute approximate surface area is 93.2 Å². The molecule has 0 saturated carbocycles. The number of hydrogen-bond acceptors (Lipinski definition) is 4. The molecule has 0 atom stereocenters. The van der Waals surface area contributed by atoms with Gasteiger partial charge in [0.2, 0.25) is 0 Å². The van der Waals surface area contributed by atoms with Crippen LogP contribution in [-0.2, 0) is 0 Å². The van der Waals surface area contributed by atoms with Gasteiger partial charge in [-0.3, -0.25) is 0 Å². The second-order valence-corrected chi connectivity index (χ2v) is 4.80. The van der Waals surface area contributed by atoms with E-state index in [1.165, 1.54) is 9.75 Å². The first-order valence-electron chi connectivity index (χ1n) is 4.79. The molecule has 15 heavy (non-hydrogen) atoms. The predicted molar refractivity (Wildman–Crippen MR) is 64.4 cm³/mol. The molecule has 3 nitrogen and oxygen atoms in total. The lowest BCUT2D eigenvalue weighted by Gasteiger charge is -2.01. The molecule has 0 fully saturated rings. The summed E-state index contributed by atoms with van der Waals surface area (Å²) in [5.74, 6) is 1.65. The molecule has 78 valence electrons. The first-order chi connectivity index (χ1) is 7.20. The molecule has 0 aliphatic carbocycles. The average Bonchev–Trinajstić information content (AvgIpc) is 2.58. The van der Waals surface area contributed by atoms with Gasteiger partial charge in [0.1, 0.15) is 5.82 Å². The number of thiophene rings is 1. The van der Waals surface area contributed by atoms with Crippen LogP contribution >= 0.6 is 11.3 Å². The zero-order chi connectivity index (χ0) is 10.8. The minimum atomic E-state index is 0.795. The van der Waals surface area contributed by atoms with Crippen LogP contribution in [0, 0.1) is 13.8 Å². The van der Waals surface area contributed by atoms with Crippen molar-refractivity contribution in [2.75, 3.05) is 12.4 Å². The van der Waals surface area contributed by atoms with Crippen molar-refractivity contribution in [1.29, 1.82) is 0 Å². The van der Waals surface area contributed by atoms with Crippen LogP contribution in [0.1, 0.15) is 9.75 Å². The number of hydrogen-bond donors (Lipinski definition) is 1. The maximum atomic E-state index is 4.42. The van der Waals surface area contributed by atoms with Gasteiger partial charge in [-0.05, 0) is 26.0 Å². The summed E-state index contributed by atoms with van der Waals surface area (Å²) >= 11 is 1.78. The molecule has 0 spiro atoms. The molecule has 0 amide bonds. The van der Waals surface area contributed by atoms with Crippen LogP contribution in [-0.4, -0.2) is 17.0 Å². The van der Waals surface area contributed by atoms with Crippen LogP contribution < -0.4 is 5.32 Å². The number of aromatic nitrogens is 2. The second kappa shape index (κ2) is 3.98. The lowest BCUT2D eigenvalue weighted by atomic mass is 10.2. The lowest BCUT2D eigenvalue weighted by molar-refractivity contribution is 1.16. The molecule has 2 aromatic heterocycles. The van der Waals surface area contributed by atoms with Gasteiger partial charge in [-0.25, -0.2) is 9.97 Å². The first kappa shape index (κ1) is 10.1. The highest BCUT2D eigenvalue weighted by molar-refractivity contribution is 7.12. The molecule has 0 aliphatic heterocycles. The van der Waals surface area contributed by atoms with E-state index in [1.54, 1.807) is 17.5 Å². The molecule has 0 unspecified atom stereocenters. The molecule has 2 aromatic rings. The molecular formula is C11H13N3S. The second-order valence-electron chi connectivity index (χ2n) is 3.34. The number of aryl methyl sites for hydroxylation is 2. The van der Waals surface area contributed by atoms with Crippen molar-refractivity contribution in [1.82, 2.24) is 9.97 Å². The van der Waals surface area contributed by atoms with Crippen LogP contribution in [0.15, 0.2) is 18.3 Å². The van der Waals surface area contributed by atoms with Crippen LogP contribution in [0.3, 0.4) is 0 Å². The Balaban J connectivity index is 2.49. The van der Waals surface area contributed by atoms with Gasteiger partial charge in [0.15, 0.2) is 5.82 Å². The summed E-state index contributed by atoms with van der Waals surface area (Å²) in [5, 5.41) is 3.02. The van der Waals surface area contributed by atoms with Crippen molar-refractivity contribution in [3.63, 3.8) is 0 Å². The SMILES string of the molecule is CNc1ccnc(-c2cc(C)sc2C)n1. The zero-order valence-corrected chi connectivity index (χ0v) is 9.85. The van der Waals surface area contributed by atoms with E-state index in [1.807, 2.05) is 13.1 Å². The normalized spacial score (nSPS) is 10.3. The van der Waals surface area contributed by atoms with Crippen molar-refractivity contribution in [3.05, 3.63) is 28.1 Å². The van der Waals surface area contributed by atoms with E-state index in [-0.39, 0.29) is 0 Å². The Morgan fingerprint density at radius 1 is 1.33 bits per heavy atom. The zero-order valence-electron chi connectivity index (χ0n) is 9.03. The molecule has 0 saturated heterocycles. The Kier molecular flexibility index (Phi) is 2.68. The lowest BCUT2D eigenvalue weighted by Crippen LogP contribution is -1.95. The van der Waals surface area contributed by atoms with Crippen LogP contribution in [0.5, 0.6) is 0 Å². The summed E-state index contributed by atoms with van der Waals surface area (Å²) in [5.41, 5.74) is 1.13. The fraction of sp³-hybridized carbons (Fsp3) is 0.273.